The number of benzene rings is 2. The van der Waals surface area contributed by atoms with Gasteiger partial charge in [-0.1, -0.05) is 46.3 Å². The lowest BCUT2D eigenvalue weighted by Gasteiger charge is -2.07. The van der Waals surface area contributed by atoms with Crippen molar-refractivity contribution in [3.05, 3.63) is 70.2 Å². The van der Waals surface area contributed by atoms with Gasteiger partial charge in [0.05, 0.1) is 6.54 Å². The van der Waals surface area contributed by atoms with E-state index in [9.17, 15) is 9.59 Å². The van der Waals surface area contributed by atoms with Crippen LogP contribution in [0.15, 0.2) is 59.1 Å². The van der Waals surface area contributed by atoms with Gasteiger partial charge in [0, 0.05) is 16.2 Å². The molecule has 5 heteroatoms. The summed E-state index contributed by atoms with van der Waals surface area (Å²) in [6.45, 7) is 1.86. The van der Waals surface area contributed by atoms with Crippen LogP contribution in [0.2, 0.25) is 0 Å². The summed E-state index contributed by atoms with van der Waals surface area (Å²) in [6, 6.07) is 15.0. The first-order valence-electron chi connectivity index (χ1n) is 7.11. The second-order valence-corrected chi connectivity index (χ2v) is 5.83. The molecule has 23 heavy (non-hydrogen) atoms. The van der Waals surface area contributed by atoms with Crippen LogP contribution in [-0.2, 0) is 9.59 Å². The number of anilines is 1. The summed E-state index contributed by atoms with van der Waals surface area (Å²) < 4.78 is 0.981. The Balaban J connectivity index is 1.80. The van der Waals surface area contributed by atoms with Crippen LogP contribution in [0.4, 0.5) is 5.69 Å². The summed E-state index contributed by atoms with van der Waals surface area (Å²) in [5, 5.41) is 5.29. The van der Waals surface area contributed by atoms with Gasteiger partial charge in [-0.15, -0.1) is 0 Å². The molecule has 0 atom stereocenters. The predicted octanol–water partition coefficient (Wildman–Crippen LogP) is 3.53. The van der Waals surface area contributed by atoms with Crippen molar-refractivity contribution in [3.63, 3.8) is 0 Å². The standard InChI is InChI=1S/C18H17BrN2O2/c1-13-11-15(8-9-16(13)19)21-18(23)12-20-17(22)10-7-14-5-3-2-4-6-14/h2-11H,12H2,1H3,(H,20,22)(H,21,23)/b10-7+. The minimum Gasteiger partial charge on any atom is -0.343 e. The van der Waals surface area contributed by atoms with E-state index in [2.05, 4.69) is 26.6 Å². The van der Waals surface area contributed by atoms with Gasteiger partial charge in [-0.3, -0.25) is 9.59 Å². The number of carbonyl (C=O) groups is 2. The average Bonchev–Trinajstić information content (AvgIpc) is 2.55. The second-order valence-electron chi connectivity index (χ2n) is 4.97. The Morgan fingerprint density at radius 2 is 1.87 bits per heavy atom. The van der Waals surface area contributed by atoms with E-state index in [1.54, 1.807) is 12.1 Å². The van der Waals surface area contributed by atoms with Gasteiger partial charge >= 0.3 is 0 Å². The van der Waals surface area contributed by atoms with Crippen LogP contribution in [0.1, 0.15) is 11.1 Å². The quantitative estimate of drug-likeness (QED) is 0.788. The number of halogens is 1. The Hall–Kier alpha value is -2.40. The highest BCUT2D eigenvalue weighted by atomic mass is 79.9. The van der Waals surface area contributed by atoms with E-state index in [0.29, 0.717) is 5.69 Å². The van der Waals surface area contributed by atoms with Gasteiger partial charge in [0.2, 0.25) is 11.8 Å². The second kappa shape index (κ2) is 8.29. The predicted molar refractivity (Wildman–Crippen MR) is 96.0 cm³/mol. The van der Waals surface area contributed by atoms with Gasteiger partial charge in [0.25, 0.3) is 0 Å². The van der Waals surface area contributed by atoms with Crippen molar-refractivity contribution in [1.82, 2.24) is 5.32 Å². The zero-order valence-corrected chi connectivity index (χ0v) is 14.3. The molecule has 2 aromatic rings. The summed E-state index contributed by atoms with van der Waals surface area (Å²) in [5.41, 5.74) is 2.65. The first kappa shape index (κ1) is 17.0. The highest BCUT2D eigenvalue weighted by molar-refractivity contribution is 9.10. The molecule has 2 amide bonds. The Bertz CT molecular complexity index is 727. The van der Waals surface area contributed by atoms with Gasteiger partial charge in [-0.2, -0.15) is 0 Å². The van der Waals surface area contributed by atoms with Crippen molar-refractivity contribution in [2.45, 2.75) is 6.92 Å². The molecule has 0 heterocycles. The average molecular weight is 373 g/mol. The number of aryl methyl sites for hydroxylation is 1. The van der Waals surface area contributed by atoms with E-state index < -0.39 is 0 Å². The molecule has 0 radical (unpaired) electrons. The van der Waals surface area contributed by atoms with E-state index in [4.69, 9.17) is 0 Å². The highest BCUT2D eigenvalue weighted by Gasteiger charge is 2.05. The molecule has 4 nitrogen and oxygen atoms in total. The van der Waals surface area contributed by atoms with Gasteiger partial charge in [-0.05, 0) is 42.3 Å². The Morgan fingerprint density at radius 1 is 1.13 bits per heavy atom. The molecule has 0 unspecified atom stereocenters. The highest BCUT2D eigenvalue weighted by Crippen LogP contribution is 2.19. The molecule has 0 saturated heterocycles. The number of amides is 2. The van der Waals surface area contributed by atoms with Gasteiger partial charge in [0.1, 0.15) is 0 Å². The molecule has 0 bridgehead atoms. The summed E-state index contributed by atoms with van der Waals surface area (Å²) in [5.74, 6) is -0.579. The SMILES string of the molecule is Cc1cc(NC(=O)CNC(=O)/C=C/c2ccccc2)ccc1Br. The largest absolute Gasteiger partial charge is 0.343 e. The van der Waals surface area contributed by atoms with Gasteiger partial charge < -0.3 is 10.6 Å². The number of hydrogen-bond acceptors (Lipinski definition) is 2. The van der Waals surface area contributed by atoms with Crippen molar-refractivity contribution >= 4 is 39.5 Å². The number of carbonyl (C=O) groups excluding carboxylic acids is 2. The number of hydrogen-bond donors (Lipinski definition) is 2. The monoisotopic (exact) mass is 372 g/mol. The van der Waals surface area contributed by atoms with E-state index in [-0.39, 0.29) is 18.4 Å². The van der Waals surface area contributed by atoms with Crippen LogP contribution in [0, 0.1) is 6.92 Å². The van der Waals surface area contributed by atoms with Crippen molar-refractivity contribution in [2.24, 2.45) is 0 Å². The Labute approximate surface area is 143 Å². The van der Waals surface area contributed by atoms with Crippen molar-refractivity contribution in [2.75, 3.05) is 11.9 Å². The van der Waals surface area contributed by atoms with Crippen LogP contribution >= 0.6 is 15.9 Å². The van der Waals surface area contributed by atoms with Gasteiger partial charge in [0.15, 0.2) is 0 Å². The van der Waals surface area contributed by atoms with E-state index in [1.807, 2.05) is 49.4 Å². The molecule has 0 aliphatic rings. The summed E-state index contributed by atoms with van der Waals surface area (Å²) in [7, 11) is 0. The van der Waals surface area contributed by atoms with Crippen LogP contribution in [0.25, 0.3) is 6.08 Å². The van der Waals surface area contributed by atoms with Crippen molar-refractivity contribution < 1.29 is 9.59 Å². The molecule has 0 spiro atoms. The van der Waals surface area contributed by atoms with Crippen molar-refractivity contribution in [3.8, 4) is 0 Å². The molecular formula is C18H17BrN2O2. The summed E-state index contributed by atoms with van der Waals surface area (Å²) >= 11 is 3.40. The first-order chi connectivity index (χ1) is 11.0. The lowest BCUT2D eigenvalue weighted by molar-refractivity contribution is -0.121. The molecule has 118 valence electrons. The number of rotatable bonds is 5. The van der Waals surface area contributed by atoms with Crippen LogP contribution in [0.5, 0.6) is 0 Å². The van der Waals surface area contributed by atoms with E-state index >= 15 is 0 Å². The lowest BCUT2D eigenvalue weighted by Crippen LogP contribution is -2.31. The molecule has 0 aromatic heterocycles. The maximum Gasteiger partial charge on any atom is 0.244 e. The molecule has 2 N–H and O–H groups in total. The molecule has 2 rings (SSSR count). The van der Waals surface area contributed by atoms with Crippen LogP contribution in [0.3, 0.4) is 0 Å². The lowest BCUT2D eigenvalue weighted by atomic mass is 10.2. The molecule has 0 fully saturated rings. The fourth-order valence-electron chi connectivity index (χ4n) is 1.89. The minimum atomic E-state index is -0.309. The Morgan fingerprint density at radius 3 is 2.57 bits per heavy atom. The first-order valence-corrected chi connectivity index (χ1v) is 7.91. The van der Waals surface area contributed by atoms with E-state index in [0.717, 1.165) is 15.6 Å². The fraction of sp³-hybridized carbons (Fsp3) is 0.111. The smallest absolute Gasteiger partial charge is 0.244 e. The van der Waals surface area contributed by atoms with Gasteiger partial charge in [-0.25, -0.2) is 0 Å². The maximum atomic E-state index is 11.8. The third-order valence-electron chi connectivity index (χ3n) is 3.09. The third-order valence-corrected chi connectivity index (χ3v) is 3.98. The minimum absolute atomic E-state index is 0.0763. The van der Waals surface area contributed by atoms with Crippen LogP contribution in [-0.4, -0.2) is 18.4 Å². The molecule has 2 aromatic carbocycles. The van der Waals surface area contributed by atoms with Crippen LogP contribution < -0.4 is 10.6 Å². The maximum absolute atomic E-state index is 11.8. The molecular weight excluding hydrogens is 356 g/mol. The number of nitrogens with one attached hydrogen (secondary N) is 2. The third kappa shape index (κ3) is 5.71. The molecule has 0 aliphatic heterocycles. The van der Waals surface area contributed by atoms with Crippen molar-refractivity contribution in [1.29, 1.82) is 0 Å². The summed E-state index contributed by atoms with van der Waals surface area (Å²) in [4.78, 5) is 23.5. The fourth-order valence-corrected chi connectivity index (χ4v) is 2.14. The topological polar surface area (TPSA) is 58.2 Å². The molecule has 0 aliphatic carbocycles. The normalized spacial score (nSPS) is 10.5. The van der Waals surface area contributed by atoms with E-state index in [1.165, 1.54) is 6.08 Å². The zero-order chi connectivity index (χ0) is 16.7. The Kier molecular flexibility index (Phi) is 6.11. The molecule has 0 saturated carbocycles. The zero-order valence-electron chi connectivity index (χ0n) is 12.7. The summed E-state index contributed by atoms with van der Waals surface area (Å²) in [6.07, 6.45) is 3.11.